The van der Waals surface area contributed by atoms with E-state index in [0.717, 1.165) is 0 Å². The minimum absolute atomic E-state index is 0.244. The Morgan fingerprint density at radius 1 is 1.79 bits per heavy atom. The lowest BCUT2D eigenvalue weighted by atomic mass is 10.2. The quantitative estimate of drug-likeness (QED) is 0.652. The molecule has 0 amide bonds. The SMILES string of the molecule is C=C=CCO[C@@H]1C=CC(=O)[C@@H](CO)O1. The molecule has 1 heterocycles. The lowest BCUT2D eigenvalue weighted by molar-refractivity contribution is -0.165. The summed E-state index contributed by atoms with van der Waals surface area (Å²) in [5.74, 6) is -0.244. The lowest BCUT2D eigenvalue weighted by Crippen LogP contribution is -2.35. The summed E-state index contributed by atoms with van der Waals surface area (Å²) in [6, 6.07) is 0. The van der Waals surface area contributed by atoms with Crippen molar-refractivity contribution in [2.45, 2.75) is 12.4 Å². The number of hydrogen-bond donors (Lipinski definition) is 1. The maximum absolute atomic E-state index is 11.0. The van der Waals surface area contributed by atoms with E-state index in [-0.39, 0.29) is 12.4 Å². The first-order valence-electron chi connectivity index (χ1n) is 4.22. The summed E-state index contributed by atoms with van der Waals surface area (Å²) in [6.45, 7) is 3.35. The van der Waals surface area contributed by atoms with Crippen LogP contribution < -0.4 is 0 Å². The number of aliphatic hydroxyl groups is 1. The second-order valence-electron chi connectivity index (χ2n) is 2.68. The van der Waals surface area contributed by atoms with Crippen molar-refractivity contribution in [3.05, 3.63) is 30.5 Å². The van der Waals surface area contributed by atoms with Gasteiger partial charge >= 0.3 is 0 Å². The van der Waals surface area contributed by atoms with Gasteiger partial charge in [0.15, 0.2) is 12.1 Å². The Labute approximate surface area is 82.1 Å². The molecule has 14 heavy (non-hydrogen) atoms. The van der Waals surface area contributed by atoms with Crippen molar-refractivity contribution in [1.82, 2.24) is 0 Å². The van der Waals surface area contributed by atoms with Crippen LogP contribution in [-0.4, -0.2) is 36.5 Å². The van der Waals surface area contributed by atoms with Crippen molar-refractivity contribution < 1.29 is 19.4 Å². The highest BCUT2D eigenvalue weighted by atomic mass is 16.7. The van der Waals surface area contributed by atoms with Crippen LogP contribution in [0.2, 0.25) is 0 Å². The fourth-order valence-corrected chi connectivity index (χ4v) is 0.985. The Balaban J connectivity index is 2.45. The van der Waals surface area contributed by atoms with Crippen LogP contribution in [0.4, 0.5) is 0 Å². The third-order valence-corrected chi connectivity index (χ3v) is 1.69. The molecule has 4 heteroatoms. The first-order chi connectivity index (χ1) is 6.77. The Hall–Kier alpha value is -1.19. The number of ketones is 1. The monoisotopic (exact) mass is 196 g/mol. The van der Waals surface area contributed by atoms with E-state index in [2.05, 4.69) is 12.3 Å². The Bertz CT molecular complexity index is 276. The van der Waals surface area contributed by atoms with E-state index in [0.29, 0.717) is 6.61 Å². The van der Waals surface area contributed by atoms with Gasteiger partial charge < -0.3 is 14.6 Å². The lowest BCUT2D eigenvalue weighted by Gasteiger charge is -2.22. The molecular formula is C10H12O4. The number of ether oxygens (including phenoxy) is 2. The van der Waals surface area contributed by atoms with Gasteiger partial charge in [0.25, 0.3) is 0 Å². The van der Waals surface area contributed by atoms with E-state index in [1.807, 2.05) is 0 Å². The summed E-state index contributed by atoms with van der Waals surface area (Å²) >= 11 is 0. The smallest absolute Gasteiger partial charge is 0.186 e. The summed E-state index contributed by atoms with van der Waals surface area (Å²) in [5.41, 5.74) is 2.55. The van der Waals surface area contributed by atoms with Gasteiger partial charge in [-0.3, -0.25) is 4.79 Å². The molecule has 0 aliphatic carbocycles. The molecule has 4 nitrogen and oxygen atoms in total. The van der Waals surface area contributed by atoms with E-state index >= 15 is 0 Å². The van der Waals surface area contributed by atoms with Crippen molar-refractivity contribution in [1.29, 1.82) is 0 Å². The van der Waals surface area contributed by atoms with Crippen LogP contribution in [0.3, 0.4) is 0 Å². The van der Waals surface area contributed by atoms with Crippen molar-refractivity contribution in [3.63, 3.8) is 0 Å². The average molecular weight is 196 g/mol. The van der Waals surface area contributed by atoms with Crippen molar-refractivity contribution in [3.8, 4) is 0 Å². The zero-order valence-corrected chi connectivity index (χ0v) is 7.68. The molecule has 0 spiro atoms. The molecule has 0 bridgehead atoms. The van der Waals surface area contributed by atoms with E-state index in [4.69, 9.17) is 14.6 Å². The second kappa shape index (κ2) is 5.52. The van der Waals surface area contributed by atoms with Crippen LogP contribution in [0.25, 0.3) is 0 Å². The molecule has 1 rings (SSSR count). The van der Waals surface area contributed by atoms with Crippen LogP contribution in [-0.2, 0) is 14.3 Å². The van der Waals surface area contributed by atoms with Gasteiger partial charge in [0.2, 0.25) is 0 Å². The fourth-order valence-electron chi connectivity index (χ4n) is 0.985. The van der Waals surface area contributed by atoms with Crippen LogP contribution in [0.5, 0.6) is 0 Å². The summed E-state index contributed by atoms with van der Waals surface area (Å²) in [6.07, 6.45) is 3.06. The highest BCUT2D eigenvalue weighted by molar-refractivity contribution is 5.94. The summed E-state index contributed by atoms with van der Waals surface area (Å²) < 4.78 is 10.3. The molecule has 2 atom stereocenters. The zero-order chi connectivity index (χ0) is 10.4. The van der Waals surface area contributed by atoms with Gasteiger partial charge in [-0.25, -0.2) is 0 Å². The van der Waals surface area contributed by atoms with Crippen molar-refractivity contribution in [2.75, 3.05) is 13.2 Å². The molecule has 0 saturated heterocycles. The summed E-state index contributed by atoms with van der Waals surface area (Å²) in [7, 11) is 0. The summed E-state index contributed by atoms with van der Waals surface area (Å²) in [4.78, 5) is 11.0. The molecule has 0 unspecified atom stereocenters. The number of rotatable bonds is 4. The van der Waals surface area contributed by atoms with Crippen LogP contribution in [0.15, 0.2) is 30.5 Å². The van der Waals surface area contributed by atoms with Gasteiger partial charge in [0, 0.05) is 0 Å². The minimum Gasteiger partial charge on any atom is -0.393 e. The first kappa shape index (κ1) is 10.9. The van der Waals surface area contributed by atoms with E-state index < -0.39 is 12.4 Å². The molecule has 1 aliphatic rings. The van der Waals surface area contributed by atoms with Gasteiger partial charge in [0.05, 0.1) is 13.2 Å². The first-order valence-corrected chi connectivity index (χ1v) is 4.22. The van der Waals surface area contributed by atoms with Gasteiger partial charge in [-0.2, -0.15) is 0 Å². The topological polar surface area (TPSA) is 55.8 Å². The fraction of sp³-hybridized carbons (Fsp3) is 0.400. The van der Waals surface area contributed by atoms with Crippen LogP contribution >= 0.6 is 0 Å². The number of carbonyl (C=O) groups is 1. The zero-order valence-electron chi connectivity index (χ0n) is 7.68. The van der Waals surface area contributed by atoms with Crippen LogP contribution in [0, 0.1) is 0 Å². The number of hydrogen-bond acceptors (Lipinski definition) is 4. The number of carbonyl (C=O) groups excluding carboxylic acids is 1. The van der Waals surface area contributed by atoms with Crippen molar-refractivity contribution >= 4 is 5.78 Å². The highest BCUT2D eigenvalue weighted by Crippen LogP contribution is 2.10. The Morgan fingerprint density at radius 3 is 3.21 bits per heavy atom. The van der Waals surface area contributed by atoms with E-state index in [9.17, 15) is 4.79 Å². The molecule has 0 radical (unpaired) electrons. The predicted octanol–water partition coefficient (Wildman–Crippen LogP) is 0.187. The van der Waals surface area contributed by atoms with Gasteiger partial charge in [-0.15, -0.1) is 5.73 Å². The average Bonchev–Trinajstić information content (AvgIpc) is 2.21. The van der Waals surface area contributed by atoms with Gasteiger partial charge in [0.1, 0.15) is 6.10 Å². The molecule has 0 saturated carbocycles. The third-order valence-electron chi connectivity index (χ3n) is 1.69. The summed E-state index contributed by atoms with van der Waals surface area (Å²) in [5, 5.41) is 8.79. The maximum atomic E-state index is 11.0. The van der Waals surface area contributed by atoms with Gasteiger partial charge in [-0.1, -0.05) is 6.58 Å². The highest BCUT2D eigenvalue weighted by Gasteiger charge is 2.24. The minimum atomic E-state index is -0.808. The largest absolute Gasteiger partial charge is 0.393 e. The number of aliphatic hydroxyl groups excluding tert-OH is 1. The molecule has 0 aromatic carbocycles. The Morgan fingerprint density at radius 2 is 2.57 bits per heavy atom. The van der Waals surface area contributed by atoms with Crippen molar-refractivity contribution in [2.24, 2.45) is 0 Å². The second-order valence-corrected chi connectivity index (χ2v) is 2.68. The molecule has 1 aliphatic heterocycles. The van der Waals surface area contributed by atoms with Gasteiger partial charge in [-0.05, 0) is 18.2 Å². The van der Waals surface area contributed by atoms with E-state index in [1.165, 1.54) is 12.2 Å². The molecule has 0 aromatic rings. The molecular weight excluding hydrogens is 184 g/mol. The molecule has 76 valence electrons. The predicted molar refractivity (Wildman–Crippen MR) is 49.6 cm³/mol. The molecule has 0 fully saturated rings. The molecule has 0 aromatic heterocycles. The Kier molecular flexibility index (Phi) is 4.29. The molecule has 1 N–H and O–H groups in total. The maximum Gasteiger partial charge on any atom is 0.186 e. The third kappa shape index (κ3) is 2.94. The van der Waals surface area contributed by atoms with E-state index in [1.54, 1.807) is 6.08 Å². The standard InChI is InChI=1S/C10H12O4/c1-2-3-6-13-10-5-4-8(12)9(7-11)14-10/h3-5,9-11H,1,6-7H2/t9-,10+/m1/s1. The van der Waals surface area contributed by atoms with Crippen LogP contribution in [0.1, 0.15) is 0 Å². The normalized spacial score (nSPS) is 25.9.